The topological polar surface area (TPSA) is 429 Å². The van der Waals surface area contributed by atoms with E-state index in [1.54, 1.807) is 79.0 Å². The van der Waals surface area contributed by atoms with E-state index in [-0.39, 0.29) is 103 Å². The highest BCUT2D eigenvalue weighted by atomic mass is 79.9. The summed E-state index contributed by atoms with van der Waals surface area (Å²) < 4.78 is 161. The second-order valence-corrected chi connectivity index (χ2v) is 46.6. The number of methoxy groups -OCH3 is 4. The van der Waals surface area contributed by atoms with Gasteiger partial charge in [-0.2, -0.15) is 23.7 Å². The molecule has 2 saturated carbocycles. The van der Waals surface area contributed by atoms with Crippen LogP contribution in [0.4, 0.5) is 26.5 Å². The summed E-state index contributed by atoms with van der Waals surface area (Å²) >= 11 is 30.0. The van der Waals surface area contributed by atoms with E-state index in [1.165, 1.54) is 121 Å². The zero-order valence-electron chi connectivity index (χ0n) is 82.6. The van der Waals surface area contributed by atoms with Crippen LogP contribution in [0, 0.1) is 12.2 Å². The van der Waals surface area contributed by atoms with Crippen molar-refractivity contribution >= 4 is 191 Å². The van der Waals surface area contributed by atoms with Crippen molar-refractivity contribution in [1.82, 2.24) is 69.6 Å². The van der Waals surface area contributed by atoms with E-state index in [1.807, 2.05) is 78.1 Å². The molecule has 3 fully saturated rings. The van der Waals surface area contributed by atoms with Gasteiger partial charge in [0.15, 0.2) is 19.7 Å². The molecule has 32 nitrogen and oxygen atoms in total. The summed E-state index contributed by atoms with van der Waals surface area (Å²) in [5.41, 5.74) is 19.6. The average Bonchev–Trinajstić information content (AvgIpc) is 1.74. The number of aromatic nitrogens is 12. The lowest BCUT2D eigenvalue weighted by Crippen LogP contribution is -2.41. The third-order valence-corrected chi connectivity index (χ3v) is 33.3. The fraction of sp³-hybridized carbons (Fsp3) is 0.359. The number of anilines is 3. The maximum Gasteiger partial charge on any atom is 0.494 e. The lowest BCUT2D eigenvalue weighted by Gasteiger charge is -2.32. The molecule has 7 aromatic heterocycles. The minimum absolute atomic E-state index is 0. The van der Waals surface area contributed by atoms with Crippen LogP contribution in [-0.4, -0.2) is 202 Å². The number of halogens is 9. The van der Waals surface area contributed by atoms with Gasteiger partial charge in [-0.25, -0.2) is 78.5 Å². The average molecular weight is 2350 g/mol. The molecule has 800 valence electrons. The van der Waals surface area contributed by atoms with Crippen molar-refractivity contribution in [3.8, 4) is 45.8 Å². The van der Waals surface area contributed by atoms with Crippen molar-refractivity contribution in [2.75, 3.05) is 72.4 Å². The standard InChI is InChI=1S/C30H35ClN6O3S.C23H19ClFN3O3S.C16H20BFN2O2.C12H10BrClN2O3S.C8H18N2.C6H4Cl2O2S.C5H6BrN3O.3CH4/c1-5-19-16-20(17-21-18-32-30(35-28(19)21)33-22-10-12-23(13-11-22)37(2)3)24-14-15-27(34-29(24)40-4)36-41(38,39)26-9-7-6-8-25(26)31;1-3-14-10-15(11-16-12-26-23(25)28-21(14)16)18-9-8-17(27-22(18)31-2)13-32(29,30)20-7-5-4-6-19(20)24;1-6-10-7-12(8-11-9-19-14(18)20-13(10)11)17-21-15(2,3)16(4,5)22-17;1-19-12-8(13)6-15-11(16-12)7-20(17,18)10-5-3-2-4-9(10)14;1-10(2)8-5-3-7(9)4-6-8;7-5-3-1-2-4-6(5)11(8,9)10;1-10-4-3(6)2-8-5(7)9-4;;;/h6-9,14-18,22-23H,5,10-13H2,1-4H3,(H,34,36)(H,32,33,35);4-12H,3,13H2,1-2H3;7-9H,6H2,1-5H3;2-6H,7H2,1H3;7-8H,3-6,9H2,1-2H3;1-4H;2H,1H3,(H2,7,8,9);3*1H4. The van der Waals surface area contributed by atoms with Gasteiger partial charge in [0.05, 0.1) is 113 Å². The van der Waals surface area contributed by atoms with Gasteiger partial charge in [0.1, 0.15) is 27.2 Å². The number of ether oxygens (including phenoxy) is 4. The maximum atomic E-state index is 13.5. The number of sulfonamides is 1. The Morgan fingerprint density at radius 3 is 1.31 bits per heavy atom. The number of aryl methyl sites for hydroxylation is 3. The van der Waals surface area contributed by atoms with Crippen LogP contribution >= 0.6 is 88.9 Å². The second-order valence-electron chi connectivity index (χ2n) is 35.2. The van der Waals surface area contributed by atoms with Gasteiger partial charge in [-0.3, -0.25) is 4.72 Å². The summed E-state index contributed by atoms with van der Waals surface area (Å²) in [5, 5.41) is 6.56. The van der Waals surface area contributed by atoms with Crippen molar-refractivity contribution < 1.29 is 70.7 Å². The zero-order chi connectivity index (χ0) is 107. The Labute approximate surface area is 913 Å². The summed E-state index contributed by atoms with van der Waals surface area (Å²) in [6.45, 7) is 14.2. The number of nitrogens with one attached hydrogen (secondary N) is 2. The van der Waals surface area contributed by atoms with E-state index in [9.17, 15) is 42.5 Å². The van der Waals surface area contributed by atoms with Crippen LogP contribution in [0.5, 0.6) is 23.5 Å². The fourth-order valence-corrected chi connectivity index (χ4v) is 23.2. The molecule has 0 radical (unpaired) electrons. The van der Waals surface area contributed by atoms with E-state index in [0.29, 0.717) is 78.9 Å². The zero-order valence-corrected chi connectivity index (χ0v) is 92.9. The van der Waals surface area contributed by atoms with Crippen LogP contribution in [0.2, 0.25) is 20.1 Å². The summed E-state index contributed by atoms with van der Waals surface area (Å²) in [6.07, 6.45) is 18.0. The predicted molar refractivity (Wildman–Crippen MR) is 598 cm³/mol. The van der Waals surface area contributed by atoms with Gasteiger partial charge in [0.25, 0.3) is 19.1 Å². The summed E-state index contributed by atoms with van der Waals surface area (Å²) in [6, 6.07) is 45.6. The third kappa shape index (κ3) is 33.0. The van der Waals surface area contributed by atoms with Gasteiger partial charge in [0, 0.05) is 86.9 Å². The number of sulfone groups is 2. The second kappa shape index (κ2) is 55.2. The normalized spacial score (nSPS) is 15.6. The highest BCUT2D eigenvalue weighted by molar-refractivity contribution is 9.11. The van der Waals surface area contributed by atoms with Crippen LogP contribution in [0.1, 0.15) is 150 Å². The molecule has 0 unspecified atom stereocenters. The molecule has 17 rings (SSSR count). The largest absolute Gasteiger partial charge is 0.494 e. The predicted octanol–water partition coefficient (Wildman–Crippen LogP) is 22.4. The molecule has 2 aliphatic carbocycles. The quantitative estimate of drug-likeness (QED) is 0.0248. The fourth-order valence-electron chi connectivity index (χ4n) is 15.8. The highest BCUT2D eigenvalue weighted by Crippen LogP contribution is 2.41. The highest BCUT2D eigenvalue weighted by Gasteiger charge is 2.52. The molecular formula is C103H124BBr2Cl5F2N18O14S4. The number of benzene rings is 7. The molecule has 7 aromatic carbocycles. The molecule has 0 atom stereocenters. The first kappa shape index (κ1) is 124. The number of rotatable bonds is 24. The number of nitrogen functional groups attached to an aromatic ring is 1. The molecule has 46 heteroatoms. The van der Waals surface area contributed by atoms with Gasteiger partial charge in [-0.1, -0.05) is 150 Å². The van der Waals surface area contributed by atoms with Gasteiger partial charge in [0.2, 0.25) is 35.4 Å². The van der Waals surface area contributed by atoms with Gasteiger partial charge in [-0.05, 0) is 289 Å². The molecule has 0 spiro atoms. The van der Waals surface area contributed by atoms with Gasteiger partial charge < -0.3 is 54.8 Å². The van der Waals surface area contributed by atoms with Crippen molar-refractivity contribution in [3.05, 3.63) is 258 Å². The number of nitrogens with zero attached hydrogens (tertiary/aromatic N) is 14. The number of hydrogen-bond donors (Lipinski definition) is 4. The Bertz CT molecular complexity index is 7440. The first-order chi connectivity index (χ1) is 69.1. The molecule has 6 N–H and O–H groups in total. The Hall–Kier alpha value is -10.4. The monoisotopic (exact) mass is 2350 g/mol. The molecule has 14 aromatic rings. The molecule has 0 bridgehead atoms. The molecule has 3 aliphatic rings. The minimum Gasteiger partial charge on any atom is -0.481 e. The van der Waals surface area contributed by atoms with Crippen LogP contribution in [0.25, 0.3) is 55.0 Å². The third-order valence-electron chi connectivity index (χ3n) is 24.3. The van der Waals surface area contributed by atoms with Gasteiger partial charge in [-0.15, -0.1) is 0 Å². The number of fused-ring (bicyclic) bond motifs is 3. The van der Waals surface area contributed by atoms with E-state index in [0.717, 1.165) is 99.7 Å². The SMILES string of the molecule is C.C.C.CCc1cc(-c2ccc(CS(=O)(=O)c3ccccc3Cl)nc2OC)cc2cnc(F)nc12.CCc1cc(-c2ccc(NS(=O)(=O)c3ccccc3Cl)nc2OC)cc2cnc(NC3CCC(N(C)C)CC3)nc12.CCc1cc(B2OC(C)(C)C(C)(C)O2)cc2cnc(F)nc12.CN(C)C1CCC(N)CC1.COc1nc(CS(=O)(=O)c2ccccc2Cl)ncc1Br.COc1nc(N)ncc1Br.O=S(=O)(Cl)c1ccccc1Cl. The van der Waals surface area contributed by atoms with Crippen molar-refractivity contribution in [2.24, 2.45) is 5.73 Å². The van der Waals surface area contributed by atoms with E-state index in [4.69, 9.17) is 102 Å². The Morgan fingerprint density at radius 1 is 0.463 bits per heavy atom. The Kier molecular flexibility index (Phi) is 45.8. The van der Waals surface area contributed by atoms with Crippen LogP contribution in [-0.2, 0) is 78.8 Å². The molecule has 1 aliphatic heterocycles. The number of nitrogens with two attached hydrogens (primary N) is 2. The Balaban J connectivity index is 0.000000224. The van der Waals surface area contributed by atoms with E-state index in [2.05, 4.69) is 148 Å². The Morgan fingerprint density at radius 2 is 0.866 bits per heavy atom. The summed E-state index contributed by atoms with van der Waals surface area (Å²) in [7, 11) is 4.23. The summed E-state index contributed by atoms with van der Waals surface area (Å²) in [5.74, 6) is 1.77. The van der Waals surface area contributed by atoms with E-state index >= 15 is 0 Å². The van der Waals surface area contributed by atoms with Gasteiger partial charge >= 0.3 is 19.3 Å². The molecular weight excluding hydrogens is 2230 g/mol. The first-order valence-corrected chi connectivity index (χ1v) is 56.1. The molecule has 1 saturated heterocycles. The smallest absolute Gasteiger partial charge is 0.481 e. The van der Waals surface area contributed by atoms with Crippen molar-refractivity contribution in [2.45, 2.75) is 208 Å². The number of pyridine rings is 2. The van der Waals surface area contributed by atoms with Crippen molar-refractivity contribution in [3.63, 3.8) is 0 Å². The van der Waals surface area contributed by atoms with Crippen LogP contribution in [0.3, 0.4) is 0 Å². The molecule has 8 heterocycles. The lowest BCUT2D eigenvalue weighted by molar-refractivity contribution is 0.00578. The lowest BCUT2D eigenvalue weighted by atomic mass is 9.77. The molecule has 0 amide bonds. The van der Waals surface area contributed by atoms with Crippen LogP contribution < -0.4 is 45.9 Å². The number of hydrogen-bond acceptors (Lipinski definition) is 31. The van der Waals surface area contributed by atoms with E-state index < -0.39 is 69.2 Å². The maximum absolute atomic E-state index is 13.5. The van der Waals surface area contributed by atoms with Crippen LogP contribution in [0.15, 0.2) is 217 Å². The first-order valence-electron chi connectivity index (χ1n) is 45.9. The van der Waals surface area contributed by atoms with Crippen molar-refractivity contribution in [1.29, 1.82) is 0 Å². The minimum atomic E-state index is -3.93. The molecule has 149 heavy (non-hydrogen) atoms. The summed E-state index contributed by atoms with van der Waals surface area (Å²) in [4.78, 5) is 53.7.